The second-order valence-electron chi connectivity index (χ2n) is 4.44. The van der Waals surface area contributed by atoms with Crippen molar-refractivity contribution in [1.29, 1.82) is 0 Å². The van der Waals surface area contributed by atoms with Gasteiger partial charge in [-0.3, -0.25) is 0 Å². The number of hydrogen-bond acceptors (Lipinski definition) is 3. The van der Waals surface area contributed by atoms with Crippen LogP contribution < -0.4 is 10.5 Å². The number of benzene rings is 1. The van der Waals surface area contributed by atoms with E-state index in [2.05, 4.69) is 24.1 Å². The van der Waals surface area contributed by atoms with Crippen molar-refractivity contribution < 1.29 is 4.74 Å². The average molecular weight is 236 g/mol. The third-order valence-electron chi connectivity index (χ3n) is 2.83. The average Bonchev–Trinajstić information content (AvgIpc) is 2.35. The molecule has 0 heterocycles. The zero-order valence-electron chi connectivity index (χ0n) is 11.0. The van der Waals surface area contributed by atoms with Crippen molar-refractivity contribution in [1.82, 2.24) is 4.90 Å². The van der Waals surface area contributed by atoms with Crippen LogP contribution in [-0.2, 0) is 6.54 Å². The summed E-state index contributed by atoms with van der Waals surface area (Å²) in [5.74, 6) is 0.930. The Labute approximate surface area is 105 Å². The van der Waals surface area contributed by atoms with Crippen molar-refractivity contribution in [3.8, 4) is 5.75 Å². The fourth-order valence-electron chi connectivity index (χ4n) is 1.86. The van der Waals surface area contributed by atoms with Crippen LogP contribution in [-0.4, -0.2) is 32.1 Å². The van der Waals surface area contributed by atoms with Gasteiger partial charge in [0.1, 0.15) is 5.75 Å². The smallest absolute Gasteiger partial charge is 0.119 e. The zero-order chi connectivity index (χ0) is 12.5. The van der Waals surface area contributed by atoms with Gasteiger partial charge in [0.25, 0.3) is 0 Å². The lowest BCUT2D eigenvalue weighted by molar-refractivity contribution is 0.317. The molecule has 0 aromatic heterocycles. The van der Waals surface area contributed by atoms with E-state index in [1.807, 2.05) is 12.1 Å². The Balaban J connectivity index is 2.31. The quantitative estimate of drug-likeness (QED) is 0.704. The van der Waals surface area contributed by atoms with E-state index < -0.39 is 0 Å². The predicted octanol–water partition coefficient (Wildman–Crippen LogP) is 2.26. The molecule has 0 aliphatic heterocycles. The summed E-state index contributed by atoms with van der Waals surface area (Å²) in [7, 11) is 3.86. The summed E-state index contributed by atoms with van der Waals surface area (Å²) in [5, 5.41) is 0. The van der Waals surface area contributed by atoms with E-state index in [-0.39, 0.29) is 0 Å². The van der Waals surface area contributed by atoms with Crippen molar-refractivity contribution in [3.05, 3.63) is 29.8 Å². The molecule has 0 bridgehead atoms. The van der Waals surface area contributed by atoms with E-state index >= 15 is 0 Å². The molecule has 0 aliphatic carbocycles. The molecule has 0 unspecified atom stereocenters. The van der Waals surface area contributed by atoms with E-state index in [1.54, 1.807) is 7.11 Å². The molecule has 0 amide bonds. The lowest BCUT2D eigenvalue weighted by atomic mass is 10.2. The van der Waals surface area contributed by atoms with Crippen LogP contribution >= 0.6 is 0 Å². The molecule has 1 aromatic rings. The first-order valence-electron chi connectivity index (χ1n) is 6.28. The minimum absolute atomic E-state index is 0.805. The minimum Gasteiger partial charge on any atom is -0.497 e. The topological polar surface area (TPSA) is 38.5 Å². The predicted molar refractivity (Wildman–Crippen MR) is 72.2 cm³/mol. The van der Waals surface area contributed by atoms with Gasteiger partial charge in [-0.15, -0.1) is 0 Å². The van der Waals surface area contributed by atoms with Crippen molar-refractivity contribution in [2.24, 2.45) is 5.73 Å². The second kappa shape index (κ2) is 8.09. The Morgan fingerprint density at radius 3 is 2.76 bits per heavy atom. The van der Waals surface area contributed by atoms with E-state index in [1.165, 1.54) is 18.4 Å². The van der Waals surface area contributed by atoms with Gasteiger partial charge in [0.2, 0.25) is 0 Å². The molecule has 0 saturated carbocycles. The van der Waals surface area contributed by atoms with Crippen LogP contribution in [0.5, 0.6) is 5.75 Å². The van der Waals surface area contributed by atoms with Crippen molar-refractivity contribution in [3.63, 3.8) is 0 Å². The number of unbranched alkanes of at least 4 members (excludes halogenated alkanes) is 2. The first-order valence-corrected chi connectivity index (χ1v) is 6.28. The van der Waals surface area contributed by atoms with Crippen LogP contribution in [0.2, 0.25) is 0 Å². The van der Waals surface area contributed by atoms with Crippen molar-refractivity contribution in [2.45, 2.75) is 25.8 Å². The van der Waals surface area contributed by atoms with Gasteiger partial charge in [-0.25, -0.2) is 0 Å². The molecule has 0 atom stereocenters. The molecule has 0 spiro atoms. The maximum absolute atomic E-state index is 5.47. The molecule has 96 valence electrons. The summed E-state index contributed by atoms with van der Waals surface area (Å²) in [4.78, 5) is 2.34. The highest BCUT2D eigenvalue weighted by Crippen LogP contribution is 2.14. The zero-order valence-corrected chi connectivity index (χ0v) is 11.0. The van der Waals surface area contributed by atoms with Gasteiger partial charge >= 0.3 is 0 Å². The Hall–Kier alpha value is -1.06. The van der Waals surface area contributed by atoms with Crippen LogP contribution in [0.15, 0.2) is 24.3 Å². The Morgan fingerprint density at radius 2 is 2.06 bits per heavy atom. The van der Waals surface area contributed by atoms with Gasteiger partial charge in [0, 0.05) is 6.54 Å². The lowest BCUT2D eigenvalue weighted by Gasteiger charge is -2.16. The first-order chi connectivity index (χ1) is 8.26. The molecular weight excluding hydrogens is 212 g/mol. The molecular formula is C14H24N2O. The van der Waals surface area contributed by atoms with E-state index in [9.17, 15) is 0 Å². The number of methoxy groups -OCH3 is 1. The molecule has 17 heavy (non-hydrogen) atoms. The number of rotatable bonds is 8. The molecule has 0 aliphatic rings. The standard InChI is InChI=1S/C14H24N2O/c1-16(10-5-3-4-9-15)12-13-7-6-8-14(11-13)17-2/h6-8,11H,3-5,9-10,12,15H2,1-2H3. The summed E-state index contributed by atoms with van der Waals surface area (Å²) in [6.45, 7) is 2.90. The van der Waals surface area contributed by atoms with Gasteiger partial charge in [-0.05, 0) is 50.7 Å². The normalized spacial score (nSPS) is 10.8. The van der Waals surface area contributed by atoms with Crippen LogP contribution in [0.4, 0.5) is 0 Å². The van der Waals surface area contributed by atoms with Crippen LogP contribution in [0, 0.1) is 0 Å². The number of ether oxygens (including phenoxy) is 1. The number of nitrogens with zero attached hydrogens (tertiary/aromatic N) is 1. The summed E-state index contributed by atoms with van der Waals surface area (Å²) < 4.78 is 5.22. The summed E-state index contributed by atoms with van der Waals surface area (Å²) >= 11 is 0. The maximum atomic E-state index is 5.47. The fourth-order valence-corrected chi connectivity index (χ4v) is 1.86. The lowest BCUT2D eigenvalue weighted by Crippen LogP contribution is -2.19. The fraction of sp³-hybridized carbons (Fsp3) is 0.571. The molecule has 3 nitrogen and oxygen atoms in total. The molecule has 0 fully saturated rings. The number of nitrogens with two attached hydrogens (primary N) is 1. The number of hydrogen-bond donors (Lipinski definition) is 1. The highest BCUT2D eigenvalue weighted by molar-refractivity contribution is 5.28. The van der Waals surface area contributed by atoms with Gasteiger partial charge in [-0.1, -0.05) is 18.6 Å². The van der Waals surface area contributed by atoms with Gasteiger partial charge < -0.3 is 15.4 Å². The maximum Gasteiger partial charge on any atom is 0.119 e. The van der Waals surface area contributed by atoms with E-state index in [4.69, 9.17) is 10.5 Å². The summed E-state index contributed by atoms with van der Waals surface area (Å²) in [6.07, 6.45) is 3.57. The molecule has 0 radical (unpaired) electrons. The second-order valence-corrected chi connectivity index (χ2v) is 4.44. The Bertz CT molecular complexity index is 315. The molecule has 1 rings (SSSR count). The van der Waals surface area contributed by atoms with Gasteiger partial charge in [-0.2, -0.15) is 0 Å². The Morgan fingerprint density at radius 1 is 1.24 bits per heavy atom. The monoisotopic (exact) mass is 236 g/mol. The third-order valence-corrected chi connectivity index (χ3v) is 2.83. The van der Waals surface area contributed by atoms with Crippen LogP contribution in [0.3, 0.4) is 0 Å². The first kappa shape index (κ1) is 14.0. The van der Waals surface area contributed by atoms with Crippen LogP contribution in [0.25, 0.3) is 0 Å². The minimum atomic E-state index is 0.805. The van der Waals surface area contributed by atoms with Crippen molar-refractivity contribution >= 4 is 0 Å². The molecule has 1 aromatic carbocycles. The molecule has 3 heteroatoms. The summed E-state index contributed by atoms with van der Waals surface area (Å²) in [5.41, 5.74) is 6.77. The van der Waals surface area contributed by atoms with Gasteiger partial charge in [0.15, 0.2) is 0 Å². The van der Waals surface area contributed by atoms with Gasteiger partial charge in [0.05, 0.1) is 7.11 Å². The molecule has 2 N–H and O–H groups in total. The van der Waals surface area contributed by atoms with Crippen LogP contribution in [0.1, 0.15) is 24.8 Å². The largest absolute Gasteiger partial charge is 0.497 e. The molecule has 0 saturated heterocycles. The SMILES string of the molecule is COc1cccc(CN(C)CCCCCN)c1. The van der Waals surface area contributed by atoms with E-state index in [0.29, 0.717) is 0 Å². The van der Waals surface area contributed by atoms with E-state index in [0.717, 1.165) is 31.8 Å². The summed E-state index contributed by atoms with van der Waals surface area (Å²) in [6, 6.07) is 8.25. The Kier molecular flexibility index (Phi) is 6.67. The highest BCUT2D eigenvalue weighted by Gasteiger charge is 2.01. The third kappa shape index (κ3) is 5.71. The highest BCUT2D eigenvalue weighted by atomic mass is 16.5. The van der Waals surface area contributed by atoms with Crippen molar-refractivity contribution in [2.75, 3.05) is 27.2 Å².